The second kappa shape index (κ2) is 8.87. The number of halogens is 1. The number of non-ortho nitro benzene ring substituents is 1. The number of hydrogen-bond acceptors (Lipinski definition) is 7. The number of benzene rings is 2. The van der Waals surface area contributed by atoms with E-state index in [1.165, 1.54) is 28.6 Å². The molecule has 4 rings (SSSR count). The highest BCUT2D eigenvalue weighted by Crippen LogP contribution is 2.35. The Kier molecular flexibility index (Phi) is 6.19. The summed E-state index contributed by atoms with van der Waals surface area (Å²) in [6, 6.07) is 9.84. The molecule has 2 aromatic rings. The van der Waals surface area contributed by atoms with Gasteiger partial charge in [-0.3, -0.25) is 10.1 Å². The summed E-state index contributed by atoms with van der Waals surface area (Å²) in [5.41, 5.74) is 0.858. The Balaban J connectivity index is 1.70. The van der Waals surface area contributed by atoms with Crippen molar-refractivity contribution in [1.29, 1.82) is 0 Å². The van der Waals surface area contributed by atoms with Gasteiger partial charge in [0.05, 0.1) is 30.4 Å². The van der Waals surface area contributed by atoms with Crippen LogP contribution >= 0.6 is 0 Å². The fourth-order valence-corrected chi connectivity index (χ4v) is 5.40. The summed E-state index contributed by atoms with van der Waals surface area (Å²) in [5.74, 6) is -0.356. The normalized spacial score (nSPS) is 20.5. The van der Waals surface area contributed by atoms with Gasteiger partial charge >= 0.3 is 0 Å². The zero-order chi connectivity index (χ0) is 22.0. The number of nitrogens with zero attached hydrogens (tertiary/aromatic N) is 3. The van der Waals surface area contributed by atoms with E-state index < -0.39 is 14.9 Å². The van der Waals surface area contributed by atoms with E-state index in [9.17, 15) is 22.9 Å². The van der Waals surface area contributed by atoms with Crippen LogP contribution < -0.4 is 4.90 Å². The molecule has 9 nitrogen and oxygen atoms in total. The number of nitro benzene ring substituents is 1. The Morgan fingerprint density at radius 2 is 1.74 bits per heavy atom. The minimum absolute atomic E-state index is 0.108. The lowest BCUT2D eigenvalue weighted by molar-refractivity contribution is -0.385. The second-order valence-electron chi connectivity index (χ2n) is 7.28. The van der Waals surface area contributed by atoms with Crippen molar-refractivity contribution in [3.63, 3.8) is 0 Å². The van der Waals surface area contributed by atoms with Crippen molar-refractivity contribution in [1.82, 2.24) is 4.31 Å². The minimum atomic E-state index is -3.97. The molecule has 166 valence electrons. The summed E-state index contributed by atoms with van der Waals surface area (Å²) < 4.78 is 52.3. The molecule has 2 heterocycles. The zero-order valence-corrected chi connectivity index (χ0v) is 17.5. The largest absolute Gasteiger partial charge is 0.379 e. The van der Waals surface area contributed by atoms with Crippen LogP contribution in [0.25, 0.3) is 0 Å². The summed E-state index contributed by atoms with van der Waals surface area (Å²) in [4.78, 5) is 12.4. The van der Waals surface area contributed by atoms with Crippen LogP contribution in [0.15, 0.2) is 47.4 Å². The van der Waals surface area contributed by atoms with Crippen molar-refractivity contribution in [2.24, 2.45) is 0 Å². The third-order valence-corrected chi connectivity index (χ3v) is 7.32. The molecule has 11 heteroatoms. The van der Waals surface area contributed by atoms with Crippen molar-refractivity contribution in [2.75, 3.05) is 50.9 Å². The van der Waals surface area contributed by atoms with Crippen LogP contribution in [0.4, 0.5) is 15.8 Å². The standard InChI is InChI=1S/C20H22FN3O6S/c21-16-3-1-15(2-4-16)19-14-22(7-12-30-19)18-6-5-17(24(25)26)13-20(18)31(27,28)23-8-10-29-11-9-23/h1-6,13,19H,7-12,14H2. The lowest BCUT2D eigenvalue weighted by Gasteiger charge is -2.36. The van der Waals surface area contributed by atoms with Crippen LogP contribution in [-0.2, 0) is 19.5 Å². The van der Waals surface area contributed by atoms with Crippen LogP contribution in [-0.4, -0.2) is 63.6 Å². The maximum Gasteiger partial charge on any atom is 0.270 e. The molecule has 2 aliphatic heterocycles. The topological polar surface area (TPSA) is 102 Å². The maximum atomic E-state index is 13.4. The van der Waals surface area contributed by atoms with Gasteiger partial charge in [-0.15, -0.1) is 0 Å². The van der Waals surface area contributed by atoms with Gasteiger partial charge in [0.15, 0.2) is 0 Å². The molecule has 0 saturated carbocycles. The van der Waals surface area contributed by atoms with Crippen LogP contribution in [0.1, 0.15) is 11.7 Å². The molecule has 0 aliphatic carbocycles. The van der Waals surface area contributed by atoms with Crippen LogP contribution in [0.3, 0.4) is 0 Å². The average Bonchev–Trinajstić information content (AvgIpc) is 2.80. The highest BCUT2D eigenvalue weighted by Gasteiger charge is 2.33. The molecule has 0 bridgehead atoms. The molecule has 0 radical (unpaired) electrons. The predicted octanol–water partition coefficient (Wildman–Crippen LogP) is 2.33. The van der Waals surface area contributed by atoms with Gasteiger partial charge in [-0.05, 0) is 23.8 Å². The smallest absolute Gasteiger partial charge is 0.270 e. The van der Waals surface area contributed by atoms with Crippen molar-refractivity contribution < 1.29 is 27.2 Å². The van der Waals surface area contributed by atoms with E-state index >= 15 is 0 Å². The Morgan fingerprint density at radius 1 is 1.03 bits per heavy atom. The number of sulfonamides is 1. The highest BCUT2D eigenvalue weighted by atomic mass is 32.2. The third-order valence-electron chi connectivity index (χ3n) is 5.39. The van der Waals surface area contributed by atoms with Gasteiger partial charge in [0.25, 0.3) is 5.69 Å². The van der Waals surface area contributed by atoms with Gasteiger partial charge in [0, 0.05) is 38.3 Å². The zero-order valence-electron chi connectivity index (χ0n) is 16.6. The van der Waals surface area contributed by atoms with Gasteiger partial charge < -0.3 is 14.4 Å². The summed E-state index contributed by atoms with van der Waals surface area (Å²) in [7, 11) is -3.97. The van der Waals surface area contributed by atoms with E-state index in [1.54, 1.807) is 12.1 Å². The molecular weight excluding hydrogens is 429 g/mol. The molecule has 0 spiro atoms. The second-order valence-corrected chi connectivity index (χ2v) is 9.19. The van der Waals surface area contributed by atoms with Gasteiger partial charge in [0.1, 0.15) is 16.8 Å². The van der Waals surface area contributed by atoms with Gasteiger partial charge in [-0.25, -0.2) is 12.8 Å². The Bertz CT molecular complexity index is 1060. The van der Waals surface area contributed by atoms with E-state index in [1.807, 2.05) is 4.90 Å². The first kappa shape index (κ1) is 21.6. The molecule has 2 aliphatic rings. The number of ether oxygens (including phenoxy) is 2. The van der Waals surface area contributed by atoms with Gasteiger partial charge in [-0.1, -0.05) is 12.1 Å². The number of rotatable bonds is 5. The summed E-state index contributed by atoms with van der Waals surface area (Å²) in [5, 5.41) is 11.3. The van der Waals surface area contributed by atoms with Crippen molar-refractivity contribution in [3.8, 4) is 0 Å². The van der Waals surface area contributed by atoms with E-state index in [4.69, 9.17) is 9.47 Å². The monoisotopic (exact) mass is 451 g/mol. The SMILES string of the molecule is O=[N+]([O-])c1ccc(N2CCOC(c3ccc(F)cc3)C2)c(S(=O)(=O)N2CCOCC2)c1. The highest BCUT2D eigenvalue weighted by molar-refractivity contribution is 7.89. The first-order valence-electron chi connectivity index (χ1n) is 9.84. The average molecular weight is 451 g/mol. The van der Waals surface area contributed by atoms with Crippen molar-refractivity contribution in [2.45, 2.75) is 11.0 Å². The fraction of sp³-hybridized carbons (Fsp3) is 0.400. The van der Waals surface area contributed by atoms with Crippen LogP contribution in [0, 0.1) is 15.9 Å². The Morgan fingerprint density at radius 3 is 2.42 bits per heavy atom. The lowest BCUT2D eigenvalue weighted by atomic mass is 10.1. The summed E-state index contributed by atoms with van der Waals surface area (Å²) in [6.45, 7) is 1.99. The third kappa shape index (κ3) is 4.54. The van der Waals surface area contributed by atoms with Gasteiger partial charge in [0.2, 0.25) is 10.0 Å². The molecule has 1 atom stereocenters. The number of morpholine rings is 2. The molecule has 31 heavy (non-hydrogen) atoms. The van der Waals surface area contributed by atoms with Crippen molar-refractivity contribution >= 4 is 21.4 Å². The molecule has 2 saturated heterocycles. The molecule has 0 amide bonds. The summed E-state index contributed by atoms with van der Waals surface area (Å²) in [6.07, 6.45) is -0.386. The minimum Gasteiger partial charge on any atom is -0.379 e. The molecule has 2 fully saturated rings. The number of nitro groups is 1. The van der Waals surface area contributed by atoms with E-state index in [0.717, 1.165) is 11.6 Å². The van der Waals surface area contributed by atoms with Crippen molar-refractivity contribution in [3.05, 3.63) is 64.0 Å². The molecule has 0 N–H and O–H groups in total. The Hall–Kier alpha value is -2.60. The molecule has 1 unspecified atom stereocenters. The quantitative estimate of drug-likeness (QED) is 0.508. The van der Waals surface area contributed by atoms with Crippen LogP contribution in [0.5, 0.6) is 0 Å². The first-order chi connectivity index (χ1) is 14.9. The maximum absolute atomic E-state index is 13.4. The predicted molar refractivity (Wildman–Crippen MR) is 110 cm³/mol. The summed E-state index contributed by atoms with van der Waals surface area (Å²) >= 11 is 0. The lowest BCUT2D eigenvalue weighted by Crippen LogP contribution is -2.42. The van der Waals surface area contributed by atoms with E-state index in [0.29, 0.717) is 25.4 Å². The van der Waals surface area contributed by atoms with E-state index in [-0.39, 0.29) is 48.8 Å². The first-order valence-corrected chi connectivity index (χ1v) is 11.3. The van der Waals surface area contributed by atoms with Gasteiger partial charge in [-0.2, -0.15) is 4.31 Å². The number of hydrogen-bond donors (Lipinski definition) is 0. The number of anilines is 1. The molecule has 0 aromatic heterocycles. The van der Waals surface area contributed by atoms with E-state index in [2.05, 4.69) is 0 Å². The Labute approximate surface area is 179 Å². The fourth-order valence-electron chi connectivity index (χ4n) is 3.76. The molecule has 2 aromatic carbocycles. The molecular formula is C20H22FN3O6S. The van der Waals surface area contributed by atoms with Crippen LogP contribution in [0.2, 0.25) is 0 Å².